The summed E-state index contributed by atoms with van der Waals surface area (Å²) >= 11 is 0. The Bertz CT molecular complexity index is 231. The number of likely N-dealkylation sites (N-methyl/N-ethyl adjacent to an activating group) is 2. The van der Waals surface area contributed by atoms with Crippen molar-refractivity contribution < 1.29 is 9.53 Å². The lowest BCUT2D eigenvalue weighted by Crippen LogP contribution is -2.55. The highest BCUT2D eigenvalue weighted by Crippen LogP contribution is 2.10. The molecule has 0 aliphatic rings. The molecule has 0 fully saturated rings. The molecular formula is C13H28N2O2. The molecule has 1 atom stereocenters. The minimum Gasteiger partial charge on any atom is -0.465 e. The van der Waals surface area contributed by atoms with Gasteiger partial charge in [-0.15, -0.1) is 0 Å². The largest absolute Gasteiger partial charge is 0.465 e. The Morgan fingerprint density at radius 3 is 2.47 bits per heavy atom. The van der Waals surface area contributed by atoms with Crippen LogP contribution in [-0.2, 0) is 9.53 Å². The molecule has 0 aliphatic heterocycles. The van der Waals surface area contributed by atoms with Gasteiger partial charge in [0.2, 0.25) is 0 Å². The smallest absolute Gasteiger partial charge is 0.327 e. The molecule has 0 spiro atoms. The van der Waals surface area contributed by atoms with Gasteiger partial charge in [0, 0.05) is 6.54 Å². The summed E-state index contributed by atoms with van der Waals surface area (Å²) in [4.78, 5) is 14.0. The lowest BCUT2D eigenvalue weighted by Gasteiger charge is -2.31. The normalized spacial score (nSPS) is 15.1. The summed E-state index contributed by atoms with van der Waals surface area (Å²) in [6.07, 6.45) is 1.14. The molecule has 1 unspecified atom stereocenters. The molecule has 4 heteroatoms. The number of rotatable bonds is 8. The first-order valence-corrected chi connectivity index (χ1v) is 6.40. The Balaban J connectivity index is 4.31. The zero-order valence-electron chi connectivity index (χ0n) is 12.2. The van der Waals surface area contributed by atoms with Crippen LogP contribution < -0.4 is 5.32 Å². The van der Waals surface area contributed by atoms with Crippen molar-refractivity contribution in [2.24, 2.45) is 5.92 Å². The SMILES string of the molecule is CCOC(=O)C(C)(CN(C)CCC(C)C)NC. The van der Waals surface area contributed by atoms with Gasteiger partial charge in [-0.3, -0.25) is 4.79 Å². The second-order valence-electron chi connectivity index (χ2n) is 5.22. The van der Waals surface area contributed by atoms with E-state index in [-0.39, 0.29) is 5.97 Å². The van der Waals surface area contributed by atoms with Gasteiger partial charge in [-0.25, -0.2) is 0 Å². The lowest BCUT2D eigenvalue weighted by atomic mass is 10.0. The summed E-state index contributed by atoms with van der Waals surface area (Å²) in [6.45, 7) is 10.2. The third kappa shape index (κ3) is 6.03. The van der Waals surface area contributed by atoms with Crippen molar-refractivity contribution in [1.29, 1.82) is 0 Å². The van der Waals surface area contributed by atoms with Gasteiger partial charge < -0.3 is 15.0 Å². The van der Waals surface area contributed by atoms with Crippen LogP contribution in [0.3, 0.4) is 0 Å². The van der Waals surface area contributed by atoms with Crippen molar-refractivity contribution in [3.8, 4) is 0 Å². The van der Waals surface area contributed by atoms with Gasteiger partial charge in [-0.2, -0.15) is 0 Å². The monoisotopic (exact) mass is 244 g/mol. The summed E-state index contributed by atoms with van der Waals surface area (Å²) in [5.74, 6) is 0.500. The van der Waals surface area contributed by atoms with Gasteiger partial charge in [0.1, 0.15) is 5.54 Å². The number of carbonyl (C=O) groups excluding carboxylic acids is 1. The summed E-state index contributed by atoms with van der Waals surface area (Å²) in [6, 6.07) is 0. The fraction of sp³-hybridized carbons (Fsp3) is 0.923. The van der Waals surface area contributed by atoms with Crippen molar-refractivity contribution >= 4 is 5.97 Å². The number of nitrogens with zero attached hydrogens (tertiary/aromatic N) is 1. The Morgan fingerprint density at radius 2 is 2.06 bits per heavy atom. The molecule has 0 saturated carbocycles. The average Bonchev–Trinajstić information content (AvgIpc) is 2.26. The third-order valence-electron chi connectivity index (χ3n) is 2.95. The quantitative estimate of drug-likeness (QED) is 0.657. The first-order chi connectivity index (χ1) is 7.85. The molecule has 0 rings (SSSR count). The lowest BCUT2D eigenvalue weighted by molar-refractivity contribution is -0.151. The van der Waals surface area contributed by atoms with E-state index in [0.717, 1.165) is 13.0 Å². The number of carbonyl (C=O) groups is 1. The second-order valence-corrected chi connectivity index (χ2v) is 5.22. The zero-order chi connectivity index (χ0) is 13.5. The standard InChI is InChI=1S/C13H28N2O2/c1-7-17-12(16)13(4,14-5)10-15(6)9-8-11(2)3/h11,14H,7-10H2,1-6H3. The first-order valence-electron chi connectivity index (χ1n) is 6.40. The van der Waals surface area contributed by atoms with E-state index < -0.39 is 5.54 Å². The van der Waals surface area contributed by atoms with Crippen LogP contribution >= 0.6 is 0 Å². The van der Waals surface area contributed by atoms with Crippen molar-refractivity contribution in [2.45, 2.75) is 39.7 Å². The number of ether oxygens (including phenoxy) is 1. The van der Waals surface area contributed by atoms with Crippen molar-refractivity contribution in [3.63, 3.8) is 0 Å². The van der Waals surface area contributed by atoms with Crippen LogP contribution in [0, 0.1) is 5.92 Å². The topological polar surface area (TPSA) is 41.6 Å². The number of hydrogen-bond acceptors (Lipinski definition) is 4. The Morgan fingerprint density at radius 1 is 1.47 bits per heavy atom. The first kappa shape index (κ1) is 16.4. The van der Waals surface area contributed by atoms with Gasteiger partial charge in [-0.1, -0.05) is 13.8 Å². The average molecular weight is 244 g/mol. The van der Waals surface area contributed by atoms with E-state index in [2.05, 4.69) is 24.1 Å². The summed E-state index contributed by atoms with van der Waals surface area (Å²) < 4.78 is 5.10. The molecule has 0 aromatic rings. The fourth-order valence-electron chi connectivity index (χ4n) is 1.63. The van der Waals surface area contributed by atoms with Gasteiger partial charge >= 0.3 is 5.97 Å². The van der Waals surface area contributed by atoms with Crippen LogP contribution in [0.4, 0.5) is 0 Å². The van der Waals surface area contributed by atoms with Crippen LogP contribution in [0.2, 0.25) is 0 Å². The summed E-state index contributed by atoms with van der Waals surface area (Å²) in [7, 11) is 3.84. The van der Waals surface area contributed by atoms with E-state index in [9.17, 15) is 4.79 Å². The minimum atomic E-state index is -0.623. The summed E-state index contributed by atoms with van der Waals surface area (Å²) in [5, 5.41) is 3.07. The van der Waals surface area contributed by atoms with Crippen molar-refractivity contribution in [3.05, 3.63) is 0 Å². The molecular weight excluding hydrogens is 216 g/mol. The predicted molar refractivity (Wildman–Crippen MR) is 71.0 cm³/mol. The highest BCUT2D eigenvalue weighted by molar-refractivity contribution is 5.80. The van der Waals surface area contributed by atoms with E-state index in [0.29, 0.717) is 19.1 Å². The van der Waals surface area contributed by atoms with Crippen LogP contribution in [0.25, 0.3) is 0 Å². The fourth-order valence-corrected chi connectivity index (χ4v) is 1.63. The molecule has 0 radical (unpaired) electrons. The number of esters is 1. The number of nitrogens with one attached hydrogen (secondary N) is 1. The second kappa shape index (κ2) is 7.67. The highest BCUT2D eigenvalue weighted by atomic mass is 16.5. The molecule has 0 aromatic carbocycles. The predicted octanol–water partition coefficient (Wildman–Crippen LogP) is 1.51. The summed E-state index contributed by atoms with van der Waals surface area (Å²) in [5.41, 5.74) is -0.623. The van der Waals surface area contributed by atoms with E-state index >= 15 is 0 Å². The third-order valence-corrected chi connectivity index (χ3v) is 2.95. The molecule has 1 N–H and O–H groups in total. The molecule has 4 nitrogen and oxygen atoms in total. The molecule has 0 amide bonds. The molecule has 0 aliphatic carbocycles. The van der Waals surface area contributed by atoms with E-state index in [1.807, 2.05) is 20.9 Å². The number of hydrogen-bond donors (Lipinski definition) is 1. The molecule has 0 aromatic heterocycles. The highest BCUT2D eigenvalue weighted by Gasteiger charge is 2.34. The van der Waals surface area contributed by atoms with Crippen LogP contribution in [0.1, 0.15) is 34.1 Å². The Hall–Kier alpha value is -0.610. The van der Waals surface area contributed by atoms with Crippen LogP contribution in [0.15, 0.2) is 0 Å². The molecule has 0 saturated heterocycles. The maximum Gasteiger partial charge on any atom is 0.327 e. The van der Waals surface area contributed by atoms with Gasteiger partial charge in [0.15, 0.2) is 0 Å². The molecule has 0 bridgehead atoms. The van der Waals surface area contributed by atoms with Gasteiger partial charge in [0.05, 0.1) is 6.61 Å². The van der Waals surface area contributed by atoms with Crippen LogP contribution in [0.5, 0.6) is 0 Å². The Kier molecular flexibility index (Phi) is 7.39. The molecule has 17 heavy (non-hydrogen) atoms. The van der Waals surface area contributed by atoms with Crippen molar-refractivity contribution in [2.75, 3.05) is 33.8 Å². The van der Waals surface area contributed by atoms with E-state index in [1.54, 1.807) is 7.05 Å². The van der Waals surface area contributed by atoms with E-state index in [4.69, 9.17) is 4.74 Å². The minimum absolute atomic E-state index is 0.182. The molecule has 0 heterocycles. The van der Waals surface area contributed by atoms with Crippen molar-refractivity contribution in [1.82, 2.24) is 10.2 Å². The maximum absolute atomic E-state index is 11.9. The maximum atomic E-state index is 11.9. The molecule has 102 valence electrons. The Labute approximate surface area is 106 Å². The zero-order valence-corrected chi connectivity index (χ0v) is 12.2. The van der Waals surface area contributed by atoms with Gasteiger partial charge in [0.25, 0.3) is 0 Å². The van der Waals surface area contributed by atoms with E-state index in [1.165, 1.54) is 0 Å². The van der Waals surface area contributed by atoms with Crippen LogP contribution in [-0.4, -0.2) is 50.2 Å². The van der Waals surface area contributed by atoms with Gasteiger partial charge in [-0.05, 0) is 46.8 Å².